The molecule has 106 valence electrons. The molecule has 1 aromatic carbocycles. The maximum absolute atomic E-state index is 13.9. The van der Waals surface area contributed by atoms with Crippen LogP contribution in [0.5, 0.6) is 0 Å². The number of rotatable bonds is 4. The Hall–Kier alpha value is -1.02. The molecule has 0 radical (unpaired) electrons. The highest BCUT2D eigenvalue weighted by atomic mass is 32.2. The minimum absolute atomic E-state index is 0.0142. The smallest absolute Gasteiger partial charge is 0.212 e. The summed E-state index contributed by atoms with van der Waals surface area (Å²) in [6, 6.07) is 5.69. The van der Waals surface area contributed by atoms with Crippen LogP contribution in [0.1, 0.15) is 5.56 Å². The first-order valence-corrected chi connectivity index (χ1v) is 7.78. The Morgan fingerprint density at radius 1 is 1.47 bits per heavy atom. The van der Waals surface area contributed by atoms with Crippen molar-refractivity contribution in [2.75, 3.05) is 25.2 Å². The van der Waals surface area contributed by atoms with Gasteiger partial charge in [-0.2, -0.15) is 0 Å². The van der Waals surface area contributed by atoms with E-state index in [9.17, 15) is 12.8 Å². The molecule has 2 rings (SSSR count). The monoisotopic (exact) mass is 290 g/mol. The van der Waals surface area contributed by atoms with Gasteiger partial charge in [0.2, 0.25) is 5.79 Å². The molecule has 1 fully saturated rings. The summed E-state index contributed by atoms with van der Waals surface area (Å²) in [6.07, 6.45) is 0.357. The molecule has 1 heterocycles. The van der Waals surface area contributed by atoms with E-state index in [2.05, 4.69) is 0 Å². The summed E-state index contributed by atoms with van der Waals surface area (Å²) >= 11 is 0. The summed E-state index contributed by atoms with van der Waals surface area (Å²) in [4.78, 5) is 0. The van der Waals surface area contributed by atoms with Crippen LogP contribution in [-0.2, 0) is 25.1 Å². The van der Waals surface area contributed by atoms with Gasteiger partial charge < -0.3 is 14.6 Å². The van der Waals surface area contributed by atoms with E-state index in [1.807, 2.05) is 0 Å². The fourth-order valence-electron chi connectivity index (χ4n) is 2.06. The van der Waals surface area contributed by atoms with Crippen LogP contribution in [0.2, 0.25) is 0 Å². The van der Waals surface area contributed by atoms with Crippen LogP contribution >= 0.6 is 0 Å². The molecule has 19 heavy (non-hydrogen) atoms. The number of hydrogen-bond acceptors (Lipinski definition) is 5. The molecule has 0 amide bonds. The Bertz CT molecular complexity index is 559. The lowest BCUT2D eigenvalue weighted by Crippen LogP contribution is -2.37. The highest BCUT2D eigenvalue weighted by Crippen LogP contribution is 2.36. The molecule has 0 spiro atoms. The van der Waals surface area contributed by atoms with Gasteiger partial charge in [-0.3, -0.25) is 0 Å². The third-order valence-electron chi connectivity index (χ3n) is 2.80. The van der Waals surface area contributed by atoms with E-state index in [4.69, 9.17) is 14.6 Å². The van der Waals surface area contributed by atoms with E-state index in [1.54, 1.807) is 6.07 Å². The van der Waals surface area contributed by atoms with Gasteiger partial charge in [-0.25, -0.2) is 12.8 Å². The minimum atomic E-state index is -3.46. The normalized spacial score (nSPS) is 27.6. The molecule has 1 aromatic rings. The summed E-state index contributed by atoms with van der Waals surface area (Å²) < 4.78 is 47.8. The number of aliphatic hydroxyl groups is 1. The van der Waals surface area contributed by atoms with Crippen molar-refractivity contribution in [2.24, 2.45) is 0 Å². The average Bonchev–Trinajstić information content (AvgIpc) is 2.71. The topological polar surface area (TPSA) is 72.8 Å². The Kier molecular flexibility index (Phi) is 3.91. The third-order valence-corrected chi connectivity index (χ3v) is 3.70. The number of ether oxygens (including phenoxy) is 2. The molecule has 1 aliphatic heterocycles. The maximum Gasteiger partial charge on any atom is 0.212 e. The van der Waals surface area contributed by atoms with Crippen molar-refractivity contribution in [3.8, 4) is 0 Å². The molecule has 0 saturated carbocycles. The quantitative estimate of drug-likeness (QED) is 0.870. The number of aliphatic hydroxyl groups excluding tert-OH is 1. The molecular formula is C12H15FO5S. The SMILES string of the molecule is CS(=O)(=O)C[C@]1(c2ccccc2F)OC[C@H](CO)O1. The molecular weight excluding hydrogens is 275 g/mol. The van der Waals surface area contributed by atoms with E-state index in [1.165, 1.54) is 18.2 Å². The van der Waals surface area contributed by atoms with Gasteiger partial charge in [-0.1, -0.05) is 18.2 Å². The zero-order valence-corrected chi connectivity index (χ0v) is 11.2. The van der Waals surface area contributed by atoms with Crippen LogP contribution in [0.4, 0.5) is 4.39 Å². The third kappa shape index (κ3) is 3.11. The maximum atomic E-state index is 13.9. The van der Waals surface area contributed by atoms with Gasteiger partial charge >= 0.3 is 0 Å². The highest BCUT2D eigenvalue weighted by Gasteiger charge is 2.47. The predicted molar refractivity (Wildman–Crippen MR) is 65.7 cm³/mol. The van der Waals surface area contributed by atoms with Gasteiger partial charge in [0.15, 0.2) is 9.84 Å². The lowest BCUT2D eigenvalue weighted by Gasteiger charge is -2.27. The summed E-state index contributed by atoms with van der Waals surface area (Å²) in [7, 11) is -3.46. The minimum Gasteiger partial charge on any atom is -0.394 e. The van der Waals surface area contributed by atoms with Gasteiger partial charge in [0, 0.05) is 11.8 Å². The average molecular weight is 290 g/mol. The molecule has 1 N–H and O–H groups in total. The van der Waals surface area contributed by atoms with Crippen LogP contribution < -0.4 is 0 Å². The molecule has 0 unspecified atom stereocenters. The Morgan fingerprint density at radius 3 is 2.68 bits per heavy atom. The predicted octanol–water partition coefficient (Wildman–Crippen LogP) is 0.431. The first-order chi connectivity index (χ1) is 8.86. The zero-order valence-electron chi connectivity index (χ0n) is 10.4. The number of hydrogen-bond donors (Lipinski definition) is 1. The Morgan fingerprint density at radius 2 is 2.16 bits per heavy atom. The number of benzene rings is 1. The molecule has 7 heteroatoms. The van der Waals surface area contributed by atoms with Crippen molar-refractivity contribution in [1.82, 2.24) is 0 Å². The second-order valence-electron chi connectivity index (χ2n) is 4.54. The van der Waals surface area contributed by atoms with Crippen LogP contribution in [0, 0.1) is 5.82 Å². The van der Waals surface area contributed by atoms with E-state index in [0.717, 1.165) is 6.26 Å². The van der Waals surface area contributed by atoms with Crippen LogP contribution in [0.15, 0.2) is 24.3 Å². The fourth-order valence-corrected chi connectivity index (χ4v) is 3.06. The lowest BCUT2D eigenvalue weighted by molar-refractivity contribution is -0.164. The van der Waals surface area contributed by atoms with Crippen molar-refractivity contribution in [1.29, 1.82) is 0 Å². The van der Waals surface area contributed by atoms with Crippen LogP contribution in [0.25, 0.3) is 0 Å². The van der Waals surface area contributed by atoms with Crippen molar-refractivity contribution in [2.45, 2.75) is 11.9 Å². The summed E-state index contributed by atoms with van der Waals surface area (Å²) in [5.74, 6) is -2.80. The standard InChI is InChI=1S/C12H15FO5S/c1-19(15,16)8-12(17-7-9(6-14)18-12)10-4-2-3-5-11(10)13/h2-5,9,14H,6-8H2,1H3/t9-,12-/m0/s1. The zero-order chi connectivity index (χ0) is 14.1. The highest BCUT2D eigenvalue weighted by molar-refractivity contribution is 7.90. The molecule has 2 atom stereocenters. The van der Waals surface area contributed by atoms with Gasteiger partial charge in [0.05, 0.1) is 13.2 Å². The first-order valence-electron chi connectivity index (χ1n) is 5.72. The van der Waals surface area contributed by atoms with E-state index < -0.39 is 33.3 Å². The Balaban J connectivity index is 2.44. The van der Waals surface area contributed by atoms with Crippen molar-refractivity contribution < 1.29 is 27.4 Å². The Labute approximate surface area is 110 Å². The second kappa shape index (κ2) is 5.16. The van der Waals surface area contributed by atoms with E-state index in [-0.39, 0.29) is 18.8 Å². The van der Waals surface area contributed by atoms with Gasteiger partial charge in [-0.05, 0) is 6.07 Å². The van der Waals surface area contributed by atoms with Crippen LogP contribution in [0.3, 0.4) is 0 Å². The molecule has 0 aliphatic carbocycles. The number of halogens is 1. The lowest BCUT2D eigenvalue weighted by atomic mass is 10.1. The van der Waals surface area contributed by atoms with Crippen molar-refractivity contribution in [3.05, 3.63) is 35.6 Å². The molecule has 5 nitrogen and oxygen atoms in total. The van der Waals surface area contributed by atoms with Crippen molar-refractivity contribution >= 4 is 9.84 Å². The largest absolute Gasteiger partial charge is 0.394 e. The first kappa shape index (κ1) is 14.4. The van der Waals surface area contributed by atoms with Gasteiger partial charge in [0.1, 0.15) is 17.7 Å². The fraction of sp³-hybridized carbons (Fsp3) is 0.500. The summed E-state index contributed by atoms with van der Waals surface area (Å²) in [6.45, 7) is -0.305. The van der Waals surface area contributed by atoms with Crippen molar-refractivity contribution in [3.63, 3.8) is 0 Å². The summed E-state index contributed by atoms with van der Waals surface area (Å²) in [5, 5.41) is 9.06. The second-order valence-corrected chi connectivity index (χ2v) is 6.68. The molecule has 0 aromatic heterocycles. The molecule has 1 aliphatic rings. The summed E-state index contributed by atoms with van der Waals surface area (Å²) in [5.41, 5.74) is 0.0244. The number of sulfone groups is 1. The van der Waals surface area contributed by atoms with E-state index >= 15 is 0 Å². The molecule has 0 bridgehead atoms. The van der Waals surface area contributed by atoms with Gasteiger partial charge in [-0.15, -0.1) is 0 Å². The van der Waals surface area contributed by atoms with Crippen LogP contribution in [-0.4, -0.2) is 44.9 Å². The van der Waals surface area contributed by atoms with E-state index in [0.29, 0.717) is 0 Å². The molecule has 1 saturated heterocycles. The van der Waals surface area contributed by atoms with Gasteiger partial charge in [0.25, 0.3) is 0 Å².